The number of anilines is 1. The zero-order valence-electron chi connectivity index (χ0n) is 11.1. The molecule has 0 radical (unpaired) electrons. The van der Waals surface area contributed by atoms with Gasteiger partial charge in [-0.25, -0.2) is 0 Å². The van der Waals surface area contributed by atoms with Gasteiger partial charge in [-0.3, -0.25) is 4.98 Å². The average molecular weight is 264 g/mol. The Morgan fingerprint density at radius 3 is 2.50 bits per heavy atom. The molecule has 2 aromatic carbocycles. The van der Waals surface area contributed by atoms with E-state index < -0.39 is 0 Å². The van der Waals surface area contributed by atoms with Crippen LogP contribution in [0.5, 0.6) is 0 Å². The number of nitrogens with zero attached hydrogens (tertiary/aromatic N) is 1. The number of benzene rings is 2. The van der Waals surface area contributed by atoms with Crippen LogP contribution in [0.2, 0.25) is 0 Å². The van der Waals surface area contributed by atoms with Crippen LogP contribution in [0.4, 0.5) is 5.69 Å². The summed E-state index contributed by atoms with van der Waals surface area (Å²) in [5.74, 6) is 0. The van der Waals surface area contributed by atoms with E-state index in [1.165, 1.54) is 0 Å². The van der Waals surface area contributed by atoms with E-state index in [1.807, 2.05) is 36.4 Å². The van der Waals surface area contributed by atoms with Crippen LogP contribution >= 0.6 is 0 Å². The third kappa shape index (κ3) is 2.95. The van der Waals surface area contributed by atoms with Crippen molar-refractivity contribution >= 4 is 16.6 Å². The van der Waals surface area contributed by atoms with Crippen molar-refractivity contribution in [2.24, 2.45) is 0 Å². The Kier molecular flexibility index (Phi) is 3.61. The van der Waals surface area contributed by atoms with Gasteiger partial charge in [0.05, 0.1) is 18.7 Å². The van der Waals surface area contributed by atoms with Crippen molar-refractivity contribution in [2.45, 2.75) is 13.2 Å². The standard InChI is InChI=1S/C17H16N2O/c18-16-6-3-13(4-7-16)11-20-12-14-5-8-17-15(10-14)2-1-9-19-17/h1-10H,11-12,18H2. The lowest BCUT2D eigenvalue weighted by Gasteiger charge is -2.06. The molecule has 0 amide bonds. The SMILES string of the molecule is Nc1ccc(COCc2ccc3ncccc3c2)cc1. The number of hydrogen-bond acceptors (Lipinski definition) is 3. The molecular weight excluding hydrogens is 248 g/mol. The summed E-state index contributed by atoms with van der Waals surface area (Å²) in [6.07, 6.45) is 1.81. The van der Waals surface area contributed by atoms with Crippen LogP contribution in [-0.2, 0) is 18.0 Å². The summed E-state index contributed by atoms with van der Waals surface area (Å²) in [6, 6.07) is 18.0. The highest BCUT2D eigenvalue weighted by molar-refractivity contribution is 5.78. The van der Waals surface area contributed by atoms with Crippen molar-refractivity contribution < 1.29 is 4.74 Å². The first-order valence-electron chi connectivity index (χ1n) is 6.57. The zero-order chi connectivity index (χ0) is 13.8. The van der Waals surface area contributed by atoms with E-state index in [2.05, 4.69) is 23.2 Å². The third-order valence-electron chi connectivity index (χ3n) is 3.18. The van der Waals surface area contributed by atoms with Crippen LogP contribution in [-0.4, -0.2) is 4.98 Å². The predicted octanol–water partition coefficient (Wildman–Crippen LogP) is 3.53. The van der Waals surface area contributed by atoms with Crippen molar-refractivity contribution in [3.05, 3.63) is 71.9 Å². The van der Waals surface area contributed by atoms with Crippen LogP contribution < -0.4 is 5.73 Å². The lowest BCUT2D eigenvalue weighted by atomic mass is 10.1. The fraction of sp³-hybridized carbons (Fsp3) is 0.118. The summed E-state index contributed by atoms with van der Waals surface area (Å²) in [5, 5.41) is 1.14. The van der Waals surface area contributed by atoms with E-state index in [0.717, 1.165) is 27.7 Å². The summed E-state index contributed by atoms with van der Waals surface area (Å²) >= 11 is 0. The number of nitrogens with two attached hydrogens (primary N) is 1. The van der Waals surface area contributed by atoms with Gasteiger partial charge in [-0.15, -0.1) is 0 Å². The average Bonchev–Trinajstić information content (AvgIpc) is 2.49. The topological polar surface area (TPSA) is 48.1 Å². The summed E-state index contributed by atoms with van der Waals surface area (Å²) in [5.41, 5.74) is 9.72. The normalized spacial score (nSPS) is 10.8. The monoisotopic (exact) mass is 264 g/mol. The van der Waals surface area contributed by atoms with Crippen molar-refractivity contribution in [3.8, 4) is 0 Å². The fourth-order valence-electron chi connectivity index (χ4n) is 2.12. The molecule has 3 aromatic rings. The Morgan fingerprint density at radius 2 is 1.65 bits per heavy atom. The number of nitrogen functional groups attached to an aromatic ring is 1. The Morgan fingerprint density at radius 1 is 0.900 bits per heavy atom. The first-order valence-corrected chi connectivity index (χ1v) is 6.57. The van der Waals surface area contributed by atoms with Crippen LogP contribution in [0.1, 0.15) is 11.1 Å². The second-order valence-corrected chi connectivity index (χ2v) is 4.76. The summed E-state index contributed by atoms with van der Waals surface area (Å²) in [6.45, 7) is 1.18. The molecule has 3 rings (SSSR count). The molecule has 0 aliphatic rings. The highest BCUT2D eigenvalue weighted by Crippen LogP contribution is 2.15. The Hall–Kier alpha value is -2.39. The van der Waals surface area contributed by atoms with E-state index >= 15 is 0 Å². The lowest BCUT2D eigenvalue weighted by Crippen LogP contribution is -1.95. The molecule has 0 atom stereocenters. The summed E-state index contributed by atoms with van der Waals surface area (Å²) < 4.78 is 5.73. The first-order chi connectivity index (χ1) is 9.81. The number of ether oxygens (including phenoxy) is 1. The Balaban J connectivity index is 1.63. The molecule has 3 nitrogen and oxygen atoms in total. The predicted molar refractivity (Wildman–Crippen MR) is 81.1 cm³/mol. The van der Waals surface area contributed by atoms with Crippen LogP contribution in [0.15, 0.2) is 60.8 Å². The molecule has 0 unspecified atom stereocenters. The van der Waals surface area contributed by atoms with E-state index in [9.17, 15) is 0 Å². The smallest absolute Gasteiger partial charge is 0.0721 e. The quantitative estimate of drug-likeness (QED) is 0.733. The third-order valence-corrected chi connectivity index (χ3v) is 3.18. The largest absolute Gasteiger partial charge is 0.399 e. The van der Waals surface area contributed by atoms with Crippen LogP contribution in [0.3, 0.4) is 0 Å². The van der Waals surface area contributed by atoms with Gasteiger partial charge >= 0.3 is 0 Å². The summed E-state index contributed by atoms with van der Waals surface area (Å²) in [4.78, 5) is 4.31. The molecule has 0 bridgehead atoms. The van der Waals surface area contributed by atoms with Gasteiger partial charge in [0.2, 0.25) is 0 Å². The van der Waals surface area contributed by atoms with Crippen LogP contribution in [0, 0.1) is 0 Å². The molecule has 20 heavy (non-hydrogen) atoms. The van der Waals surface area contributed by atoms with E-state index in [-0.39, 0.29) is 0 Å². The Labute approximate surface area is 118 Å². The van der Waals surface area contributed by atoms with Gasteiger partial charge in [-0.2, -0.15) is 0 Å². The van der Waals surface area contributed by atoms with E-state index in [4.69, 9.17) is 10.5 Å². The molecule has 2 N–H and O–H groups in total. The molecule has 100 valence electrons. The molecule has 0 aliphatic heterocycles. The maximum atomic E-state index is 5.73. The van der Waals surface area contributed by atoms with Gasteiger partial charge in [-0.05, 0) is 41.5 Å². The molecule has 1 aromatic heterocycles. The second-order valence-electron chi connectivity index (χ2n) is 4.76. The molecule has 0 spiro atoms. The van der Waals surface area contributed by atoms with Gasteiger partial charge in [0, 0.05) is 17.3 Å². The number of pyridine rings is 1. The van der Waals surface area contributed by atoms with Gasteiger partial charge < -0.3 is 10.5 Å². The van der Waals surface area contributed by atoms with Gasteiger partial charge in [0.1, 0.15) is 0 Å². The highest BCUT2D eigenvalue weighted by atomic mass is 16.5. The zero-order valence-corrected chi connectivity index (χ0v) is 11.1. The molecule has 0 saturated heterocycles. The first kappa shape index (κ1) is 12.6. The van der Waals surface area contributed by atoms with Crippen molar-refractivity contribution in [1.82, 2.24) is 4.98 Å². The van der Waals surface area contributed by atoms with Crippen molar-refractivity contribution in [2.75, 3.05) is 5.73 Å². The van der Waals surface area contributed by atoms with Crippen LogP contribution in [0.25, 0.3) is 10.9 Å². The Bertz CT molecular complexity index is 708. The molecule has 0 fully saturated rings. The maximum absolute atomic E-state index is 5.73. The molecule has 0 aliphatic carbocycles. The fourth-order valence-corrected chi connectivity index (χ4v) is 2.12. The minimum Gasteiger partial charge on any atom is -0.399 e. The van der Waals surface area contributed by atoms with Gasteiger partial charge in [0.15, 0.2) is 0 Å². The molecule has 1 heterocycles. The van der Waals surface area contributed by atoms with Crippen molar-refractivity contribution in [1.29, 1.82) is 0 Å². The van der Waals surface area contributed by atoms with Gasteiger partial charge in [0.25, 0.3) is 0 Å². The van der Waals surface area contributed by atoms with Crippen molar-refractivity contribution in [3.63, 3.8) is 0 Å². The lowest BCUT2D eigenvalue weighted by molar-refractivity contribution is 0.107. The highest BCUT2D eigenvalue weighted by Gasteiger charge is 1.98. The number of aromatic nitrogens is 1. The number of rotatable bonds is 4. The maximum Gasteiger partial charge on any atom is 0.0721 e. The molecule has 3 heteroatoms. The molecular formula is C17H16N2O. The number of fused-ring (bicyclic) bond motifs is 1. The molecule has 0 saturated carbocycles. The van der Waals surface area contributed by atoms with Gasteiger partial charge in [-0.1, -0.05) is 24.3 Å². The second kappa shape index (κ2) is 5.72. The summed E-state index contributed by atoms with van der Waals surface area (Å²) in [7, 11) is 0. The van der Waals surface area contributed by atoms with E-state index in [0.29, 0.717) is 13.2 Å². The minimum atomic E-state index is 0.589. The minimum absolute atomic E-state index is 0.589. The van der Waals surface area contributed by atoms with E-state index in [1.54, 1.807) is 6.20 Å². The number of hydrogen-bond donors (Lipinski definition) is 1.